The van der Waals surface area contributed by atoms with Crippen LogP contribution in [0.25, 0.3) is 0 Å². The van der Waals surface area contributed by atoms with Gasteiger partial charge < -0.3 is 4.90 Å². The summed E-state index contributed by atoms with van der Waals surface area (Å²) in [6.45, 7) is 2.31. The second kappa shape index (κ2) is 6.46. The van der Waals surface area contributed by atoms with Gasteiger partial charge in [-0.2, -0.15) is 5.26 Å². The Morgan fingerprint density at radius 1 is 1.30 bits per heavy atom. The molecule has 0 radical (unpaired) electrons. The quantitative estimate of drug-likeness (QED) is 0.817. The van der Waals surface area contributed by atoms with Crippen molar-refractivity contribution < 1.29 is 8.42 Å². The second-order valence-corrected chi connectivity index (χ2v) is 8.77. The van der Waals surface area contributed by atoms with Crippen LogP contribution in [-0.2, 0) is 10.0 Å². The van der Waals surface area contributed by atoms with Gasteiger partial charge in [-0.3, -0.25) is 0 Å². The highest BCUT2D eigenvalue weighted by Gasteiger charge is 2.39. The van der Waals surface area contributed by atoms with E-state index < -0.39 is 10.0 Å². The highest BCUT2D eigenvalue weighted by molar-refractivity contribution is 7.90. The fourth-order valence-corrected chi connectivity index (χ4v) is 4.75. The molecule has 0 spiro atoms. The number of piperidine rings is 1. The zero-order valence-corrected chi connectivity index (χ0v) is 14.2. The highest BCUT2D eigenvalue weighted by Crippen LogP contribution is 2.31. The smallest absolute Gasteiger partial charge is 0.216 e. The van der Waals surface area contributed by atoms with Gasteiger partial charge in [0, 0.05) is 26.7 Å². The Bertz CT molecular complexity index is 701. The van der Waals surface area contributed by atoms with E-state index in [0.29, 0.717) is 18.2 Å². The summed E-state index contributed by atoms with van der Waals surface area (Å²) in [6.07, 6.45) is 3.52. The largest absolute Gasteiger partial charge is 0.357 e. The fourth-order valence-electron chi connectivity index (χ4n) is 3.09. The average Bonchev–Trinajstić information content (AvgIpc) is 3.41. The summed E-state index contributed by atoms with van der Waals surface area (Å²) >= 11 is 0. The van der Waals surface area contributed by atoms with Crippen molar-refractivity contribution in [1.29, 1.82) is 5.26 Å². The van der Waals surface area contributed by atoms with Crippen LogP contribution >= 0.6 is 0 Å². The standard InChI is InChI=1S/C16H22N4O2S/c1-19(23(21,22)15-5-6-15)12-13-7-9-20(10-8-13)16-4-2-3-14(11-17)18-16/h2-4,13,15H,5-10,12H2,1H3. The molecule has 2 aliphatic rings. The molecule has 0 amide bonds. The lowest BCUT2D eigenvalue weighted by Gasteiger charge is -2.34. The Labute approximate surface area is 137 Å². The van der Waals surface area contributed by atoms with E-state index in [1.54, 1.807) is 17.4 Å². The van der Waals surface area contributed by atoms with Crippen molar-refractivity contribution in [2.75, 3.05) is 31.6 Å². The number of anilines is 1. The van der Waals surface area contributed by atoms with Gasteiger partial charge in [0.1, 0.15) is 17.6 Å². The molecule has 2 heterocycles. The molecular weight excluding hydrogens is 312 g/mol. The summed E-state index contributed by atoms with van der Waals surface area (Å²) in [7, 11) is -1.36. The van der Waals surface area contributed by atoms with E-state index in [4.69, 9.17) is 5.26 Å². The molecule has 1 aliphatic carbocycles. The lowest BCUT2D eigenvalue weighted by Crippen LogP contribution is -2.40. The van der Waals surface area contributed by atoms with Crippen LogP contribution < -0.4 is 4.90 Å². The van der Waals surface area contributed by atoms with Gasteiger partial charge in [-0.05, 0) is 43.7 Å². The second-order valence-electron chi connectivity index (χ2n) is 6.45. The van der Waals surface area contributed by atoms with Crippen LogP contribution in [0, 0.1) is 17.2 Å². The van der Waals surface area contributed by atoms with Gasteiger partial charge in [-0.15, -0.1) is 0 Å². The van der Waals surface area contributed by atoms with E-state index in [1.165, 1.54) is 0 Å². The molecule has 0 N–H and O–H groups in total. The average molecular weight is 334 g/mol. The third-order valence-corrected chi connectivity index (χ3v) is 7.01. The predicted molar refractivity (Wildman–Crippen MR) is 88.5 cm³/mol. The molecule has 124 valence electrons. The number of pyridine rings is 1. The summed E-state index contributed by atoms with van der Waals surface area (Å²) in [5.41, 5.74) is 0.430. The molecule has 3 rings (SSSR count). The molecule has 2 fully saturated rings. The van der Waals surface area contributed by atoms with E-state index in [9.17, 15) is 8.42 Å². The Hall–Kier alpha value is -1.65. The van der Waals surface area contributed by atoms with E-state index in [1.807, 2.05) is 12.1 Å². The van der Waals surface area contributed by atoms with Crippen molar-refractivity contribution >= 4 is 15.8 Å². The maximum atomic E-state index is 12.2. The van der Waals surface area contributed by atoms with Gasteiger partial charge in [0.2, 0.25) is 10.0 Å². The molecular formula is C16H22N4O2S. The van der Waals surface area contributed by atoms with Crippen molar-refractivity contribution in [1.82, 2.24) is 9.29 Å². The van der Waals surface area contributed by atoms with Crippen LogP contribution in [0.4, 0.5) is 5.82 Å². The normalized spacial score (nSPS) is 19.8. The summed E-state index contributed by atoms with van der Waals surface area (Å²) in [5.74, 6) is 1.23. The first-order valence-electron chi connectivity index (χ1n) is 8.08. The minimum atomic E-state index is -3.07. The minimum Gasteiger partial charge on any atom is -0.357 e. The van der Waals surface area contributed by atoms with Crippen LogP contribution in [0.5, 0.6) is 0 Å². The van der Waals surface area contributed by atoms with Crippen LogP contribution in [0.1, 0.15) is 31.4 Å². The molecule has 1 aromatic heterocycles. The Morgan fingerprint density at radius 3 is 2.61 bits per heavy atom. The zero-order valence-electron chi connectivity index (χ0n) is 13.4. The van der Waals surface area contributed by atoms with E-state index >= 15 is 0 Å². The Balaban J connectivity index is 1.55. The summed E-state index contributed by atoms with van der Waals surface area (Å²) < 4.78 is 26.0. The molecule has 23 heavy (non-hydrogen) atoms. The number of aromatic nitrogens is 1. The molecule has 1 saturated carbocycles. The van der Waals surface area contributed by atoms with E-state index in [-0.39, 0.29) is 5.25 Å². The van der Waals surface area contributed by atoms with Gasteiger partial charge in [-0.25, -0.2) is 17.7 Å². The first kappa shape index (κ1) is 16.2. The molecule has 0 unspecified atom stereocenters. The Morgan fingerprint density at radius 2 is 2.00 bits per heavy atom. The maximum absolute atomic E-state index is 12.2. The van der Waals surface area contributed by atoms with Crippen molar-refractivity contribution in [2.45, 2.75) is 30.9 Å². The molecule has 7 heteroatoms. The van der Waals surface area contributed by atoms with Crippen molar-refractivity contribution in [3.05, 3.63) is 23.9 Å². The number of rotatable bonds is 5. The van der Waals surface area contributed by atoms with Crippen LogP contribution in [0.3, 0.4) is 0 Å². The molecule has 6 nitrogen and oxygen atoms in total. The lowest BCUT2D eigenvalue weighted by atomic mass is 9.97. The minimum absolute atomic E-state index is 0.134. The summed E-state index contributed by atoms with van der Waals surface area (Å²) in [4.78, 5) is 6.50. The van der Waals surface area contributed by atoms with E-state index in [2.05, 4.69) is 16.0 Å². The van der Waals surface area contributed by atoms with Crippen molar-refractivity contribution in [3.63, 3.8) is 0 Å². The zero-order chi connectivity index (χ0) is 16.4. The monoisotopic (exact) mass is 334 g/mol. The topological polar surface area (TPSA) is 77.3 Å². The van der Waals surface area contributed by atoms with Gasteiger partial charge in [0.05, 0.1) is 5.25 Å². The number of hydrogen-bond donors (Lipinski definition) is 0. The highest BCUT2D eigenvalue weighted by atomic mass is 32.2. The maximum Gasteiger partial charge on any atom is 0.216 e. The van der Waals surface area contributed by atoms with Crippen LogP contribution in [0.15, 0.2) is 18.2 Å². The predicted octanol–water partition coefficient (Wildman–Crippen LogP) is 1.59. The van der Waals surface area contributed by atoms with E-state index in [0.717, 1.165) is 44.6 Å². The van der Waals surface area contributed by atoms with Gasteiger partial charge >= 0.3 is 0 Å². The van der Waals surface area contributed by atoms with Crippen molar-refractivity contribution in [2.24, 2.45) is 5.92 Å². The first-order chi connectivity index (χ1) is 11.0. The summed E-state index contributed by atoms with van der Waals surface area (Å²) in [5, 5.41) is 8.80. The third-order valence-electron chi connectivity index (χ3n) is 4.68. The van der Waals surface area contributed by atoms with Gasteiger partial charge in [0.15, 0.2) is 0 Å². The molecule has 1 aliphatic heterocycles. The van der Waals surface area contributed by atoms with Gasteiger partial charge in [0.25, 0.3) is 0 Å². The molecule has 1 aromatic rings. The summed E-state index contributed by atoms with van der Waals surface area (Å²) in [6, 6.07) is 7.54. The number of nitriles is 1. The lowest BCUT2D eigenvalue weighted by molar-refractivity contribution is 0.327. The first-order valence-corrected chi connectivity index (χ1v) is 9.58. The SMILES string of the molecule is CN(CC1CCN(c2cccc(C#N)n2)CC1)S(=O)(=O)C1CC1. The number of nitrogens with zero attached hydrogens (tertiary/aromatic N) is 4. The number of sulfonamides is 1. The molecule has 1 saturated heterocycles. The number of hydrogen-bond acceptors (Lipinski definition) is 5. The molecule has 0 bridgehead atoms. The van der Waals surface area contributed by atoms with Crippen LogP contribution in [0.2, 0.25) is 0 Å². The molecule has 0 aromatic carbocycles. The third kappa shape index (κ3) is 3.65. The van der Waals surface area contributed by atoms with Crippen LogP contribution in [-0.4, -0.2) is 49.6 Å². The Kier molecular flexibility index (Phi) is 4.55. The molecule has 0 atom stereocenters. The fraction of sp³-hybridized carbons (Fsp3) is 0.625. The van der Waals surface area contributed by atoms with Crippen molar-refractivity contribution in [3.8, 4) is 6.07 Å². The van der Waals surface area contributed by atoms with Gasteiger partial charge in [-0.1, -0.05) is 6.07 Å².